The van der Waals surface area contributed by atoms with E-state index in [1.807, 2.05) is 6.92 Å². The van der Waals surface area contributed by atoms with Crippen molar-refractivity contribution in [1.29, 1.82) is 0 Å². The Morgan fingerprint density at radius 3 is 3.00 bits per heavy atom. The maximum absolute atomic E-state index is 11.8. The molecule has 1 heterocycles. The molecule has 0 saturated carbocycles. The Balaban J connectivity index is 2.50. The van der Waals surface area contributed by atoms with Crippen LogP contribution in [0.1, 0.15) is 31.7 Å². The molecule has 5 heteroatoms. The molecule has 1 saturated heterocycles. The number of nitrogens with two attached hydrogens (primary N) is 1. The van der Waals surface area contributed by atoms with Crippen molar-refractivity contribution in [2.24, 2.45) is 0 Å². The summed E-state index contributed by atoms with van der Waals surface area (Å²) in [5.74, 6) is -0.858. The number of anilines is 1. The summed E-state index contributed by atoms with van der Waals surface area (Å²) in [7, 11) is 0. The molecule has 1 aliphatic rings. The van der Waals surface area contributed by atoms with Gasteiger partial charge in [-0.1, -0.05) is 30.7 Å². The van der Waals surface area contributed by atoms with Crippen molar-refractivity contribution in [2.75, 3.05) is 12.3 Å². The number of halogens is 1. The van der Waals surface area contributed by atoms with Gasteiger partial charge in [-0.25, -0.2) is 0 Å². The van der Waals surface area contributed by atoms with E-state index in [1.54, 1.807) is 18.2 Å². The van der Waals surface area contributed by atoms with Crippen LogP contribution in [-0.4, -0.2) is 23.8 Å². The van der Waals surface area contributed by atoms with E-state index in [-0.39, 0.29) is 6.10 Å². The number of ether oxygens (including phenoxy) is 1. The number of hydrogen-bond donors (Lipinski definition) is 2. The number of carboxylic acid groups (broad SMARTS) is 1. The number of carbonyl (C=O) groups is 1. The molecule has 1 fully saturated rings. The molecule has 0 bridgehead atoms. The van der Waals surface area contributed by atoms with Crippen molar-refractivity contribution in [1.82, 2.24) is 0 Å². The molecule has 4 nitrogen and oxygen atoms in total. The zero-order valence-corrected chi connectivity index (χ0v) is 11.6. The molecule has 2 rings (SSSR count). The van der Waals surface area contributed by atoms with Crippen LogP contribution in [0.2, 0.25) is 5.02 Å². The molecular weight excluding hydrogens is 266 g/mol. The lowest BCUT2D eigenvalue weighted by atomic mass is 9.71. The fourth-order valence-corrected chi connectivity index (χ4v) is 2.89. The van der Waals surface area contributed by atoms with Gasteiger partial charge in [-0.2, -0.15) is 0 Å². The van der Waals surface area contributed by atoms with E-state index in [0.717, 1.165) is 6.42 Å². The molecule has 1 aromatic carbocycles. The van der Waals surface area contributed by atoms with Crippen molar-refractivity contribution in [3.63, 3.8) is 0 Å². The van der Waals surface area contributed by atoms with E-state index < -0.39 is 11.4 Å². The summed E-state index contributed by atoms with van der Waals surface area (Å²) in [6, 6.07) is 5.18. The second-order valence-corrected chi connectivity index (χ2v) is 5.35. The van der Waals surface area contributed by atoms with E-state index in [0.29, 0.717) is 35.7 Å². The number of hydrogen-bond acceptors (Lipinski definition) is 3. The number of aliphatic carboxylic acids is 1. The molecule has 0 aromatic heterocycles. The minimum Gasteiger partial charge on any atom is -0.481 e. The molecule has 0 spiro atoms. The van der Waals surface area contributed by atoms with Gasteiger partial charge in [-0.05, 0) is 30.9 Å². The van der Waals surface area contributed by atoms with Crippen LogP contribution in [0.3, 0.4) is 0 Å². The van der Waals surface area contributed by atoms with Gasteiger partial charge in [0.05, 0.1) is 22.2 Å². The largest absolute Gasteiger partial charge is 0.481 e. The van der Waals surface area contributed by atoms with E-state index in [9.17, 15) is 9.90 Å². The quantitative estimate of drug-likeness (QED) is 0.837. The monoisotopic (exact) mass is 283 g/mol. The van der Waals surface area contributed by atoms with Gasteiger partial charge >= 0.3 is 5.97 Å². The van der Waals surface area contributed by atoms with Crippen molar-refractivity contribution < 1.29 is 14.6 Å². The van der Waals surface area contributed by atoms with Crippen LogP contribution >= 0.6 is 11.6 Å². The third-order valence-electron chi connectivity index (χ3n) is 3.89. The smallest absolute Gasteiger partial charge is 0.314 e. The van der Waals surface area contributed by atoms with Crippen LogP contribution in [0, 0.1) is 0 Å². The summed E-state index contributed by atoms with van der Waals surface area (Å²) in [6.07, 6.45) is 1.59. The summed E-state index contributed by atoms with van der Waals surface area (Å²) in [4.78, 5) is 11.8. The average Bonchev–Trinajstić information content (AvgIpc) is 2.41. The maximum Gasteiger partial charge on any atom is 0.314 e. The fourth-order valence-electron chi connectivity index (χ4n) is 2.72. The molecular formula is C14H18ClNO3. The molecule has 0 aliphatic carbocycles. The van der Waals surface area contributed by atoms with Crippen molar-refractivity contribution in [3.05, 3.63) is 28.8 Å². The Morgan fingerprint density at radius 2 is 2.37 bits per heavy atom. The Hall–Kier alpha value is -1.26. The lowest BCUT2D eigenvalue weighted by molar-refractivity contribution is -0.150. The lowest BCUT2D eigenvalue weighted by Crippen LogP contribution is -2.45. The zero-order chi connectivity index (χ0) is 14.0. The number of nitrogen functional groups attached to an aromatic ring is 1. The standard InChI is InChI=1S/C14H18ClNO3/c1-2-9-8-14(13(17)18,6-7-19-9)10-4-3-5-11(15)12(10)16/h3-5,9H,2,6-8,16H2,1H3,(H,17,18). The van der Waals surface area contributed by atoms with E-state index in [1.165, 1.54) is 0 Å². The second kappa shape index (κ2) is 5.39. The Kier molecular flexibility index (Phi) is 4.02. The summed E-state index contributed by atoms with van der Waals surface area (Å²) in [5, 5.41) is 10.1. The van der Waals surface area contributed by atoms with Crippen LogP contribution in [0.4, 0.5) is 5.69 Å². The third-order valence-corrected chi connectivity index (χ3v) is 4.22. The number of para-hydroxylation sites is 1. The number of carboxylic acids is 1. The van der Waals surface area contributed by atoms with Gasteiger partial charge in [-0.15, -0.1) is 0 Å². The molecule has 1 aromatic rings. The minimum absolute atomic E-state index is 0.0526. The summed E-state index contributed by atoms with van der Waals surface area (Å²) < 4.78 is 5.59. The fraction of sp³-hybridized carbons (Fsp3) is 0.500. The predicted molar refractivity (Wildman–Crippen MR) is 74.4 cm³/mol. The van der Waals surface area contributed by atoms with Crippen molar-refractivity contribution in [2.45, 2.75) is 37.7 Å². The van der Waals surface area contributed by atoms with Crippen LogP contribution in [0.15, 0.2) is 18.2 Å². The van der Waals surface area contributed by atoms with Gasteiger partial charge in [0.15, 0.2) is 0 Å². The summed E-state index contributed by atoms with van der Waals surface area (Å²) >= 11 is 6.02. The molecule has 3 N–H and O–H groups in total. The predicted octanol–water partition coefficient (Wildman–Crippen LogP) is 2.83. The van der Waals surface area contributed by atoms with Crippen LogP contribution in [0.5, 0.6) is 0 Å². The normalized spacial score (nSPS) is 27.2. The average molecular weight is 284 g/mol. The first-order valence-corrected chi connectivity index (χ1v) is 6.78. The Bertz CT molecular complexity index is 492. The highest BCUT2D eigenvalue weighted by molar-refractivity contribution is 6.33. The van der Waals surface area contributed by atoms with Gasteiger partial charge in [0.2, 0.25) is 0 Å². The Morgan fingerprint density at radius 1 is 1.63 bits per heavy atom. The second-order valence-electron chi connectivity index (χ2n) is 4.94. The number of benzene rings is 1. The minimum atomic E-state index is -0.992. The molecule has 2 unspecified atom stereocenters. The molecule has 19 heavy (non-hydrogen) atoms. The van der Waals surface area contributed by atoms with Crippen LogP contribution in [0.25, 0.3) is 0 Å². The maximum atomic E-state index is 11.8. The van der Waals surface area contributed by atoms with Gasteiger partial charge in [0.1, 0.15) is 0 Å². The van der Waals surface area contributed by atoms with Crippen molar-refractivity contribution >= 4 is 23.3 Å². The third kappa shape index (κ3) is 2.42. The molecule has 1 aliphatic heterocycles. The first-order chi connectivity index (χ1) is 9.01. The van der Waals surface area contributed by atoms with Gasteiger partial charge in [-0.3, -0.25) is 4.79 Å². The lowest BCUT2D eigenvalue weighted by Gasteiger charge is -2.38. The Labute approximate surface area is 117 Å². The molecule has 104 valence electrons. The highest BCUT2D eigenvalue weighted by Crippen LogP contribution is 2.42. The first kappa shape index (κ1) is 14.2. The highest BCUT2D eigenvalue weighted by atomic mass is 35.5. The summed E-state index contributed by atoms with van der Waals surface area (Å²) in [5.41, 5.74) is 5.97. The number of rotatable bonds is 3. The topological polar surface area (TPSA) is 72.5 Å². The van der Waals surface area contributed by atoms with Gasteiger partial charge in [0, 0.05) is 6.61 Å². The highest BCUT2D eigenvalue weighted by Gasteiger charge is 2.46. The van der Waals surface area contributed by atoms with Crippen molar-refractivity contribution in [3.8, 4) is 0 Å². The zero-order valence-electron chi connectivity index (χ0n) is 10.9. The molecule has 0 amide bonds. The van der Waals surface area contributed by atoms with Crippen LogP contribution < -0.4 is 5.73 Å². The van der Waals surface area contributed by atoms with E-state index >= 15 is 0 Å². The van der Waals surface area contributed by atoms with Gasteiger partial charge < -0.3 is 15.6 Å². The molecule has 2 atom stereocenters. The first-order valence-electron chi connectivity index (χ1n) is 6.40. The van der Waals surface area contributed by atoms with E-state index in [4.69, 9.17) is 22.1 Å². The van der Waals surface area contributed by atoms with Gasteiger partial charge in [0.25, 0.3) is 0 Å². The molecule has 0 radical (unpaired) electrons. The van der Waals surface area contributed by atoms with Crippen LogP contribution in [-0.2, 0) is 14.9 Å². The van der Waals surface area contributed by atoms with E-state index in [2.05, 4.69) is 0 Å². The summed E-state index contributed by atoms with van der Waals surface area (Å²) in [6.45, 7) is 2.42. The SMILES string of the molecule is CCC1CC(C(=O)O)(c2cccc(Cl)c2N)CCO1.